The van der Waals surface area contributed by atoms with Gasteiger partial charge in [-0.25, -0.2) is 0 Å². The van der Waals surface area contributed by atoms with E-state index in [4.69, 9.17) is 0 Å². The molecule has 1 aromatic rings. The molecule has 1 unspecified atom stereocenters. The second kappa shape index (κ2) is 6.30. The number of rotatable bonds is 2. The van der Waals surface area contributed by atoms with Gasteiger partial charge in [0.25, 0.3) is 0 Å². The Morgan fingerprint density at radius 1 is 0.900 bits per heavy atom. The van der Waals surface area contributed by atoms with Crippen molar-refractivity contribution in [2.45, 2.75) is 49.8 Å². The maximum Gasteiger partial charge on any atom is 0.200 e. The molecule has 1 aliphatic heterocycles. The van der Waals surface area contributed by atoms with Gasteiger partial charge in [0.05, 0.1) is 0 Å². The molecule has 2 nitrogen and oxygen atoms in total. The molecule has 2 atom stereocenters. The normalized spacial score (nSPS) is 28.4. The fourth-order valence-corrected chi connectivity index (χ4v) is 6.54. The van der Waals surface area contributed by atoms with Gasteiger partial charge in [-0.3, -0.25) is 0 Å². The molecular formula is C17H25O2S+. The Kier molecular flexibility index (Phi) is 4.45. The van der Waals surface area contributed by atoms with Gasteiger partial charge in [-0.15, -0.1) is 0 Å². The third-order valence-corrected chi connectivity index (χ3v) is 7.51. The van der Waals surface area contributed by atoms with E-state index < -0.39 is 0 Å². The van der Waals surface area contributed by atoms with E-state index >= 15 is 0 Å². The Balaban J connectivity index is 1.72. The zero-order valence-corrected chi connectivity index (χ0v) is 12.9. The van der Waals surface area contributed by atoms with E-state index in [1.165, 1.54) is 56.5 Å². The summed E-state index contributed by atoms with van der Waals surface area (Å²) in [6.45, 7) is 0. The van der Waals surface area contributed by atoms with Gasteiger partial charge in [0, 0.05) is 22.9 Å². The Morgan fingerprint density at radius 2 is 1.65 bits per heavy atom. The van der Waals surface area contributed by atoms with Crippen molar-refractivity contribution in [3.63, 3.8) is 0 Å². The molecule has 1 aromatic carbocycles. The van der Waals surface area contributed by atoms with E-state index in [-0.39, 0.29) is 16.6 Å². The second-order valence-corrected chi connectivity index (χ2v) is 8.48. The van der Waals surface area contributed by atoms with Gasteiger partial charge in [0.2, 0.25) is 0 Å². The molecule has 2 aliphatic rings. The minimum Gasteiger partial charge on any atom is -0.508 e. The molecule has 0 amide bonds. The molecule has 0 aromatic heterocycles. The number of benzene rings is 1. The Hall–Kier alpha value is -0.830. The molecule has 0 spiro atoms. The summed E-state index contributed by atoms with van der Waals surface area (Å²) < 4.78 is 0. The van der Waals surface area contributed by atoms with Crippen LogP contribution in [0.4, 0.5) is 0 Å². The summed E-state index contributed by atoms with van der Waals surface area (Å²) in [7, 11) is 0.128. The van der Waals surface area contributed by atoms with Crippen molar-refractivity contribution in [3.8, 4) is 11.5 Å². The van der Waals surface area contributed by atoms with Crippen molar-refractivity contribution in [2.75, 3.05) is 11.5 Å². The van der Waals surface area contributed by atoms with Crippen LogP contribution in [0.3, 0.4) is 0 Å². The van der Waals surface area contributed by atoms with E-state index in [0.29, 0.717) is 5.75 Å². The highest BCUT2D eigenvalue weighted by Gasteiger charge is 2.37. The molecule has 110 valence electrons. The first-order valence-corrected chi connectivity index (χ1v) is 9.50. The standard InChI is InChI=1S/C17H24O2S/c18-15-8-9-16(19)17(11-15)20-10-4-7-14(12-20)13-5-2-1-3-6-13/h8-9,11,13-14H,1-7,10,12H2,(H-,18,19)/p+1/t14-,20?/m0/s1. The molecule has 1 saturated heterocycles. The third kappa shape index (κ3) is 3.08. The summed E-state index contributed by atoms with van der Waals surface area (Å²) in [6, 6.07) is 4.99. The van der Waals surface area contributed by atoms with Crippen LogP contribution in [0.1, 0.15) is 44.9 Å². The van der Waals surface area contributed by atoms with Gasteiger partial charge in [-0.1, -0.05) is 32.1 Å². The highest BCUT2D eigenvalue weighted by atomic mass is 32.2. The predicted octanol–water partition coefficient (Wildman–Crippen LogP) is 4.07. The number of hydrogen-bond donors (Lipinski definition) is 2. The largest absolute Gasteiger partial charge is 0.508 e. The van der Waals surface area contributed by atoms with Crippen LogP contribution in [0, 0.1) is 11.8 Å². The first kappa shape index (κ1) is 14.1. The zero-order chi connectivity index (χ0) is 13.9. The molecule has 2 N–H and O–H groups in total. The van der Waals surface area contributed by atoms with Crippen LogP contribution >= 0.6 is 0 Å². The highest BCUT2D eigenvalue weighted by Crippen LogP contribution is 2.39. The van der Waals surface area contributed by atoms with E-state index in [9.17, 15) is 10.2 Å². The lowest BCUT2D eigenvalue weighted by atomic mass is 9.79. The summed E-state index contributed by atoms with van der Waals surface area (Å²) in [6.07, 6.45) is 9.70. The van der Waals surface area contributed by atoms with E-state index in [2.05, 4.69) is 0 Å². The predicted molar refractivity (Wildman–Crippen MR) is 84.4 cm³/mol. The molecular weight excluding hydrogens is 268 g/mol. The van der Waals surface area contributed by atoms with Gasteiger partial charge in [0.15, 0.2) is 10.6 Å². The lowest BCUT2D eigenvalue weighted by Crippen LogP contribution is -2.31. The summed E-state index contributed by atoms with van der Waals surface area (Å²) >= 11 is 0. The molecule has 1 heterocycles. The van der Waals surface area contributed by atoms with Crippen LogP contribution in [0.2, 0.25) is 0 Å². The monoisotopic (exact) mass is 293 g/mol. The molecule has 2 fully saturated rings. The second-order valence-electron chi connectivity index (χ2n) is 6.32. The highest BCUT2D eigenvalue weighted by molar-refractivity contribution is 7.97. The van der Waals surface area contributed by atoms with Gasteiger partial charge in [0.1, 0.15) is 17.3 Å². The smallest absolute Gasteiger partial charge is 0.200 e. The molecule has 3 rings (SSSR count). The molecule has 0 radical (unpaired) electrons. The Bertz CT molecular complexity index is 454. The Labute approximate surface area is 124 Å². The van der Waals surface area contributed by atoms with Crippen molar-refractivity contribution in [1.29, 1.82) is 0 Å². The summed E-state index contributed by atoms with van der Waals surface area (Å²) in [4.78, 5) is 0.991. The molecule has 20 heavy (non-hydrogen) atoms. The average Bonchev–Trinajstić information content (AvgIpc) is 2.51. The number of phenolic OH excluding ortho intramolecular Hbond substituents is 2. The molecule has 0 bridgehead atoms. The van der Waals surface area contributed by atoms with E-state index in [0.717, 1.165) is 16.7 Å². The van der Waals surface area contributed by atoms with Crippen molar-refractivity contribution in [1.82, 2.24) is 0 Å². The van der Waals surface area contributed by atoms with Crippen LogP contribution in [-0.4, -0.2) is 21.7 Å². The fraction of sp³-hybridized carbons (Fsp3) is 0.647. The van der Waals surface area contributed by atoms with Crippen LogP contribution in [0.25, 0.3) is 0 Å². The minimum atomic E-state index is 0.128. The van der Waals surface area contributed by atoms with Crippen molar-refractivity contribution >= 4 is 10.9 Å². The molecule has 1 aliphatic carbocycles. The van der Waals surface area contributed by atoms with Crippen LogP contribution in [0.15, 0.2) is 23.1 Å². The molecule has 3 heteroatoms. The number of aromatic hydroxyl groups is 2. The Morgan fingerprint density at radius 3 is 2.45 bits per heavy atom. The average molecular weight is 293 g/mol. The van der Waals surface area contributed by atoms with Gasteiger partial charge < -0.3 is 10.2 Å². The van der Waals surface area contributed by atoms with Crippen LogP contribution in [0.5, 0.6) is 11.5 Å². The first-order valence-electron chi connectivity index (χ1n) is 7.93. The number of phenols is 2. The lowest BCUT2D eigenvalue weighted by Gasteiger charge is -2.32. The van der Waals surface area contributed by atoms with Crippen molar-refractivity contribution in [2.24, 2.45) is 11.8 Å². The molecule has 1 saturated carbocycles. The fourth-order valence-electron chi connectivity index (χ4n) is 3.86. The van der Waals surface area contributed by atoms with E-state index in [1.54, 1.807) is 18.2 Å². The summed E-state index contributed by atoms with van der Waals surface area (Å²) in [5.41, 5.74) is 0. The maximum atomic E-state index is 10.1. The minimum absolute atomic E-state index is 0.128. The zero-order valence-electron chi connectivity index (χ0n) is 12.1. The van der Waals surface area contributed by atoms with Gasteiger partial charge in [-0.05, 0) is 30.9 Å². The first-order chi connectivity index (χ1) is 9.74. The van der Waals surface area contributed by atoms with Gasteiger partial charge in [-0.2, -0.15) is 0 Å². The van der Waals surface area contributed by atoms with Crippen LogP contribution < -0.4 is 0 Å². The van der Waals surface area contributed by atoms with Crippen LogP contribution in [-0.2, 0) is 10.9 Å². The third-order valence-electron chi connectivity index (χ3n) is 4.95. The summed E-state index contributed by atoms with van der Waals surface area (Å²) in [5.74, 6) is 4.82. The lowest BCUT2D eigenvalue weighted by molar-refractivity contribution is 0.251. The quantitative estimate of drug-likeness (QED) is 0.637. The van der Waals surface area contributed by atoms with Crippen molar-refractivity contribution < 1.29 is 10.2 Å². The van der Waals surface area contributed by atoms with Crippen molar-refractivity contribution in [3.05, 3.63) is 18.2 Å². The van der Waals surface area contributed by atoms with Gasteiger partial charge >= 0.3 is 0 Å². The topological polar surface area (TPSA) is 40.5 Å². The number of hydrogen-bond acceptors (Lipinski definition) is 2. The SMILES string of the molecule is Oc1ccc(O)c([S+]2CCC[C@H](C3CCCCC3)C2)c1. The maximum absolute atomic E-state index is 10.1. The summed E-state index contributed by atoms with van der Waals surface area (Å²) in [5, 5.41) is 19.8. The van der Waals surface area contributed by atoms with E-state index in [1.807, 2.05) is 0 Å².